The van der Waals surface area contributed by atoms with Crippen LogP contribution in [0.5, 0.6) is 0 Å². The summed E-state index contributed by atoms with van der Waals surface area (Å²) in [6, 6.07) is 20.0. The lowest BCUT2D eigenvalue weighted by atomic mass is 10.0. The molecule has 0 spiro atoms. The smallest absolute Gasteiger partial charge is 0.410 e. The number of hydrogen-bond acceptors (Lipinski definition) is 6. The van der Waals surface area contributed by atoms with Crippen LogP contribution in [0.3, 0.4) is 0 Å². The van der Waals surface area contributed by atoms with Crippen molar-refractivity contribution in [2.45, 2.75) is 66.3 Å². The van der Waals surface area contributed by atoms with Crippen LogP contribution in [0.1, 0.15) is 51.3 Å². The molecule has 0 bridgehead atoms. The van der Waals surface area contributed by atoms with Gasteiger partial charge in [0.15, 0.2) is 0 Å². The first-order chi connectivity index (χ1) is 21.7. The number of hydrogen-bond donors (Lipinski definition) is 1. The number of likely N-dealkylation sites (N-methyl/N-ethyl adjacent to an activating group) is 1. The molecule has 9 nitrogen and oxygen atoms in total. The zero-order chi connectivity index (χ0) is 33.6. The minimum Gasteiger partial charge on any atom is -0.444 e. The maximum Gasteiger partial charge on any atom is 0.410 e. The van der Waals surface area contributed by atoms with Gasteiger partial charge < -0.3 is 19.9 Å². The van der Waals surface area contributed by atoms with E-state index in [9.17, 15) is 18.8 Å². The van der Waals surface area contributed by atoms with E-state index in [1.165, 1.54) is 23.3 Å². The molecule has 0 saturated heterocycles. The number of nitrogens with zero attached hydrogens (tertiary/aromatic N) is 4. The molecule has 246 valence electrons. The molecule has 0 saturated carbocycles. The Morgan fingerprint density at radius 2 is 1.54 bits per heavy atom. The van der Waals surface area contributed by atoms with E-state index in [2.05, 4.69) is 17.4 Å². The standard InChI is InChI=1S/C36H46FN5O4/c1-25(2)42(35(45)46-36(4,5)6)19-18-38-33(43)23-40(24-34(44)39(7)41-21-29-10-8-9-11-30(29)22-41)32-20-28(13-12-26(32)3)27-14-16-31(37)17-15-27/h8-17,20,25H,18-19,21-24H2,1-7H3,(H,38,43). The summed E-state index contributed by atoms with van der Waals surface area (Å²) in [6.45, 7) is 12.8. The Bertz CT molecular complexity index is 1510. The van der Waals surface area contributed by atoms with Crippen LogP contribution in [0.25, 0.3) is 11.1 Å². The lowest BCUT2D eigenvalue weighted by Crippen LogP contribution is -2.49. The Kier molecular flexibility index (Phi) is 11.1. The number of aryl methyl sites for hydroxylation is 1. The number of benzene rings is 3. The van der Waals surface area contributed by atoms with Gasteiger partial charge in [-0.15, -0.1) is 0 Å². The zero-order valence-electron chi connectivity index (χ0n) is 28.0. The highest BCUT2D eigenvalue weighted by Gasteiger charge is 2.28. The van der Waals surface area contributed by atoms with Gasteiger partial charge in [0.25, 0.3) is 5.91 Å². The van der Waals surface area contributed by atoms with Crippen LogP contribution in [0, 0.1) is 12.7 Å². The summed E-state index contributed by atoms with van der Waals surface area (Å²) in [5.74, 6) is -0.776. The Balaban J connectivity index is 1.51. The van der Waals surface area contributed by atoms with Gasteiger partial charge in [0.1, 0.15) is 11.4 Å². The van der Waals surface area contributed by atoms with E-state index in [0.29, 0.717) is 13.1 Å². The summed E-state index contributed by atoms with van der Waals surface area (Å²) >= 11 is 0. The Morgan fingerprint density at radius 1 is 0.935 bits per heavy atom. The second-order valence-electron chi connectivity index (χ2n) is 13.0. The lowest BCUT2D eigenvalue weighted by Gasteiger charge is -2.32. The predicted octanol–water partition coefficient (Wildman–Crippen LogP) is 5.76. The Labute approximate surface area is 271 Å². The number of ether oxygens (including phenoxy) is 1. The molecule has 3 amide bonds. The maximum atomic E-state index is 13.7. The number of anilines is 1. The van der Waals surface area contributed by atoms with Gasteiger partial charge in [0.05, 0.1) is 13.1 Å². The molecule has 10 heteroatoms. The van der Waals surface area contributed by atoms with E-state index >= 15 is 0 Å². The first kappa shape index (κ1) is 34.4. The number of halogens is 1. The highest BCUT2D eigenvalue weighted by Crippen LogP contribution is 2.29. The molecular weight excluding hydrogens is 585 g/mol. The second kappa shape index (κ2) is 14.8. The van der Waals surface area contributed by atoms with E-state index in [0.717, 1.165) is 22.4 Å². The minimum absolute atomic E-state index is 0.0412. The number of fused-ring (bicyclic) bond motifs is 1. The normalized spacial score (nSPS) is 12.9. The quantitative estimate of drug-likeness (QED) is 0.290. The lowest BCUT2D eigenvalue weighted by molar-refractivity contribution is -0.145. The van der Waals surface area contributed by atoms with Crippen LogP contribution in [0.15, 0.2) is 66.7 Å². The third kappa shape index (κ3) is 9.06. The monoisotopic (exact) mass is 631 g/mol. The van der Waals surface area contributed by atoms with Gasteiger partial charge in [0.2, 0.25) is 5.91 Å². The van der Waals surface area contributed by atoms with Crippen LogP contribution in [-0.2, 0) is 27.4 Å². The van der Waals surface area contributed by atoms with E-state index in [1.807, 2.05) is 76.9 Å². The van der Waals surface area contributed by atoms with Crippen LogP contribution < -0.4 is 10.2 Å². The van der Waals surface area contributed by atoms with Gasteiger partial charge >= 0.3 is 6.09 Å². The van der Waals surface area contributed by atoms with Gasteiger partial charge in [-0.1, -0.05) is 48.5 Å². The fourth-order valence-electron chi connectivity index (χ4n) is 5.37. The van der Waals surface area contributed by atoms with E-state index < -0.39 is 11.7 Å². The number of rotatable bonds is 11. The Hall–Kier alpha value is -4.44. The topological polar surface area (TPSA) is 85.4 Å². The molecule has 0 radical (unpaired) electrons. The highest BCUT2D eigenvalue weighted by atomic mass is 19.1. The van der Waals surface area contributed by atoms with Crippen LogP contribution in [0.4, 0.5) is 14.9 Å². The molecule has 1 N–H and O–H groups in total. The number of hydrazine groups is 1. The zero-order valence-corrected chi connectivity index (χ0v) is 28.0. The molecule has 3 aromatic rings. The van der Waals surface area contributed by atoms with Gasteiger partial charge in [-0.3, -0.25) is 14.6 Å². The fraction of sp³-hybridized carbons (Fsp3) is 0.417. The molecule has 0 aromatic heterocycles. The van der Waals surface area contributed by atoms with Crippen LogP contribution in [-0.4, -0.2) is 77.7 Å². The molecule has 0 atom stereocenters. The number of amides is 3. The summed E-state index contributed by atoms with van der Waals surface area (Å²) < 4.78 is 19.2. The molecule has 4 rings (SSSR count). The number of nitrogens with one attached hydrogen (secondary N) is 1. The summed E-state index contributed by atoms with van der Waals surface area (Å²) in [7, 11) is 1.76. The molecule has 1 aliphatic rings. The van der Waals surface area contributed by atoms with Gasteiger partial charge in [0, 0.05) is 45.0 Å². The predicted molar refractivity (Wildman–Crippen MR) is 178 cm³/mol. The first-order valence-electron chi connectivity index (χ1n) is 15.7. The van der Waals surface area contributed by atoms with Crippen molar-refractivity contribution in [3.05, 3.63) is 89.2 Å². The summed E-state index contributed by atoms with van der Waals surface area (Å²) in [6.07, 6.45) is -0.440. The van der Waals surface area contributed by atoms with Crippen molar-refractivity contribution in [2.24, 2.45) is 0 Å². The van der Waals surface area contributed by atoms with Crippen molar-refractivity contribution in [1.29, 1.82) is 0 Å². The van der Waals surface area contributed by atoms with Crippen molar-refractivity contribution < 1.29 is 23.5 Å². The van der Waals surface area contributed by atoms with Crippen molar-refractivity contribution in [1.82, 2.24) is 20.2 Å². The first-order valence-corrected chi connectivity index (χ1v) is 15.7. The molecule has 46 heavy (non-hydrogen) atoms. The fourth-order valence-corrected chi connectivity index (χ4v) is 5.37. The SMILES string of the molecule is Cc1ccc(-c2ccc(F)cc2)cc1N(CC(=O)NCCN(C(=O)OC(C)(C)C)C(C)C)CC(=O)N(C)N1Cc2ccccc2C1. The molecule has 1 heterocycles. The largest absolute Gasteiger partial charge is 0.444 e. The summed E-state index contributed by atoms with van der Waals surface area (Å²) in [5.41, 5.74) is 5.00. The van der Waals surface area contributed by atoms with Gasteiger partial charge in [-0.25, -0.2) is 14.2 Å². The second-order valence-corrected chi connectivity index (χ2v) is 13.0. The van der Waals surface area contributed by atoms with Crippen molar-refractivity contribution in [3.8, 4) is 11.1 Å². The molecule has 1 aliphatic heterocycles. The molecule has 0 aliphatic carbocycles. The maximum absolute atomic E-state index is 13.7. The third-order valence-electron chi connectivity index (χ3n) is 7.92. The molecule has 3 aromatic carbocycles. The highest BCUT2D eigenvalue weighted by molar-refractivity contribution is 5.87. The summed E-state index contributed by atoms with van der Waals surface area (Å²) in [5, 5.41) is 6.54. The average molecular weight is 632 g/mol. The summed E-state index contributed by atoms with van der Waals surface area (Å²) in [4.78, 5) is 43.2. The Morgan fingerprint density at radius 3 is 2.13 bits per heavy atom. The molecule has 0 unspecified atom stereocenters. The van der Waals surface area contributed by atoms with Crippen molar-refractivity contribution in [2.75, 3.05) is 38.1 Å². The van der Waals surface area contributed by atoms with Crippen LogP contribution >= 0.6 is 0 Å². The number of carbonyl (C=O) groups excluding carboxylic acids is 3. The number of carbonyl (C=O) groups is 3. The van der Waals surface area contributed by atoms with E-state index in [1.54, 1.807) is 34.0 Å². The van der Waals surface area contributed by atoms with Crippen molar-refractivity contribution in [3.63, 3.8) is 0 Å². The van der Waals surface area contributed by atoms with E-state index in [-0.39, 0.29) is 49.9 Å². The third-order valence-corrected chi connectivity index (χ3v) is 7.92. The van der Waals surface area contributed by atoms with Gasteiger partial charge in [-0.2, -0.15) is 0 Å². The molecular formula is C36H46FN5O4. The minimum atomic E-state index is -0.633. The van der Waals surface area contributed by atoms with Gasteiger partial charge in [-0.05, 0) is 87.6 Å². The molecule has 0 fully saturated rings. The van der Waals surface area contributed by atoms with E-state index in [4.69, 9.17) is 4.74 Å². The van der Waals surface area contributed by atoms with Crippen molar-refractivity contribution >= 4 is 23.6 Å². The average Bonchev–Trinajstić information content (AvgIpc) is 3.42. The van der Waals surface area contributed by atoms with Crippen LogP contribution in [0.2, 0.25) is 0 Å².